The first-order valence-corrected chi connectivity index (χ1v) is 5.96. The van der Waals surface area contributed by atoms with Crippen molar-refractivity contribution < 1.29 is 9.21 Å². The number of carbonyl (C=O) groups is 1. The molecule has 0 atom stereocenters. The highest BCUT2D eigenvalue weighted by atomic mass is 16.4. The summed E-state index contributed by atoms with van der Waals surface area (Å²) in [6, 6.07) is 14.9. The second-order valence-electron chi connectivity index (χ2n) is 4.31. The van der Waals surface area contributed by atoms with Crippen LogP contribution in [-0.4, -0.2) is 10.9 Å². The van der Waals surface area contributed by atoms with E-state index in [2.05, 4.69) is 10.3 Å². The van der Waals surface area contributed by atoms with Crippen LogP contribution >= 0.6 is 0 Å². The molecule has 1 heterocycles. The number of benzene rings is 2. The maximum absolute atomic E-state index is 11.9. The van der Waals surface area contributed by atoms with Crippen LogP contribution in [0.3, 0.4) is 0 Å². The Hall–Kier alpha value is -2.62. The number of aromatic nitrogens is 1. The van der Waals surface area contributed by atoms with Crippen molar-refractivity contribution in [3.8, 4) is 0 Å². The number of nitrogens with one attached hydrogen (secondary N) is 1. The first-order chi connectivity index (χ1) is 9.22. The fourth-order valence-corrected chi connectivity index (χ4v) is 1.84. The number of carbonyl (C=O) groups excluding carboxylic acids is 1. The highest BCUT2D eigenvalue weighted by molar-refractivity contribution is 6.03. The van der Waals surface area contributed by atoms with Gasteiger partial charge in [0.2, 0.25) is 0 Å². The van der Waals surface area contributed by atoms with Crippen molar-refractivity contribution in [2.75, 3.05) is 5.32 Å². The SMILES string of the molecule is Cc1ccc2nc(NC(=O)c3ccccc3)oc2c1. The molecule has 0 unspecified atom stereocenters. The number of anilines is 1. The summed E-state index contributed by atoms with van der Waals surface area (Å²) in [4.78, 5) is 16.2. The Morgan fingerprint density at radius 1 is 1.16 bits per heavy atom. The third-order valence-electron chi connectivity index (χ3n) is 2.80. The van der Waals surface area contributed by atoms with E-state index in [1.165, 1.54) is 0 Å². The van der Waals surface area contributed by atoms with Gasteiger partial charge in [-0.1, -0.05) is 24.3 Å². The second kappa shape index (κ2) is 4.57. The van der Waals surface area contributed by atoms with E-state index in [0.717, 1.165) is 11.1 Å². The van der Waals surface area contributed by atoms with Gasteiger partial charge in [0.25, 0.3) is 5.91 Å². The topological polar surface area (TPSA) is 55.1 Å². The number of nitrogens with zero attached hydrogens (tertiary/aromatic N) is 1. The van der Waals surface area contributed by atoms with Crippen molar-refractivity contribution in [3.63, 3.8) is 0 Å². The Morgan fingerprint density at radius 2 is 1.95 bits per heavy atom. The summed E-state index contributed by atoms with van der Waals surface area (Å²) in [6.07, 6.45) is 0. The molecule has 0 aliphatic rings. The van der Waals surface area contributed by atoms with E-state index >= 15 is 0 Å². The Bertz CT molecular complexity index is 732. The number of fused-ring (bicyclic) bond motifs is 1. The maximum atomic E-state index is 11.9. The van der Waals surface area contributed by atoms with Crippen molar-refractivity contribution in [1.82, 2.24) is 4.98 Å². The molecule has 1 amide bonds. The van der Waals surface area contributed by atoms with Crippen LogP contribution in [0.15, 0.2) is 52.9 Å². The summed E-state index contributed by atoms with van der Waals surface area (Å²) in [6.45, 7) is 1.98. The van der Waals surface area contributed by atoms with Gasteiger partial charge in [-0.05, 0) is 36.8 Å². The quantitative estimate of drug-likeness (QED) is 0.760. The average Bonchev–Trinajstić information content (AvgIpc) is 2.81. The van der Waals surface area contributed by atoms with Gasteiger partial charge < -0.3 is 4.42 Å². The van der Waals surface area contributed by atoms with Crippen molar-refractivity contribution in [2.45, 2.75) is 6.92 Å². The van der Waals surface area contributed by atoms with Crippen LogP contribution < -0.4 is 5.32 Å². The van der Waals surface area contributed by atoms with Crippen LogP contribution in [-0.2, 0) is 0 Å². The van der Waals surface area contributed by atoms with Crippen molar-refractivity contribution >= 4 is 23.0 Å². The fourth-order valence-electron chi connectivity index (χ4n) is 1.84. The van der Waals surface area contributed by atoms with E-state index in [-0.39, 0.29) is 11.9 Å². The molecule has 19 heavy (non-hydrogen) atoms. The largest absolute Gasteiger partial charge is 0.423 e. The lowest BCUT2D eigenvalue weighted by Gasteiger charge is -1.99. The third kappa shape index (κ3) is 2.33. The summed E-state index contributed by atoms with van der Waals surface area (Å²) in [5.41, 5.74) is 3.06. The predicted molar refractivity (Wildman–Crippen MR) is 73.1 cm³/mol. The molecule has 2 aromatic carbocycles. The molecule has 4 nitrogen and oxygen atoms in total. The minimum absolute atomic E-state index is 0.217. The van der Waals surface area contributed by atoms with Gasteiger partial charge >= 0.3 is 6.01 Å². The van der Waals surface area contributed by atoms with Gasteiger partial charge in [-0.25, -0.2) is 0 Å². The molecule has 0 bridgehead atoms. The number of rotatable bonds is 2. The second-order valence-corrected chi connectivity index (χ2v) is 4.31. The smallest absolute Gasteiger partial charge is 0.302 e. The molecule has 0 radical (unpaired) electrons. The molecule has 1 aromatic heterocycles. The Labute approximate surface area is 110 Å². The van der Waals surface area contributed by atoms with E-state index in [0.29, 0.717) is 11.1 Å². The number of amides is 1. The van der Waals surface area contributed by atoms with Crippen LogP contribution in [0.25, 0.3) is 11.1 Å². The standard InChI is InChI=1S/C15H12N2O2/c1-10-7-8-12-13(9-10)19-15(16-12)17-14(18)11-5-3-2-4-6-11/h2-9H,1H3,(H,16,17,18). The normalized spacial score (nSPS) is 10.6. The van der Waals surface area contributed by atoms with Gasteiger partial charge in [0.15, 0.2) is 5.58 Å². The van der Waals surface area contributed by atoms with Gasteiger partial charge in [0.05, 0.1) is 0 Å². The van der Waals surface area contributed by atoms with E-state index in [9.17, 15) is 4.79 Å². The average molecular weight is 252 g/mol. The monoisotopic (exact) mass is 252 g/mol. The van der Waals surface area contributed by atoms with Crippen molar-refractivity contribution in [1.29, 1.82) is 0 Å². The number of hydrogen-bond acceptors (Lipinski definition) is 3. The number of oxazole rings is 1. The number of aryl methyl sites for hydroxylation is 1. The summed E-state index contributed by atoms with van der Waals surface area (Å²) < 4.78 is 5.50. The molecular weight excluding hydrogens is 240 g/mol. The molecule has 0 fully saturated rings. The van der Waals surface area contributed by atoms with Gasteiger partial charge in [-0.3, -0.25) is 10.1 Å². The Kier molecular flexibility index (Phi) is 2.76. The molecule has 4 heteroatoms. The van der Waals surface area contributed by atoms with E-state index in [1.807, 2.05) is 43.3 Å². The molecule has 0 aliphatic heterocycles. The summed E-state index contributed by atoms with van der Waals surface area (Å²) in [5, 5.41) is 2.65. The summed E-state index contributed by atoms with van der Waals surface area (Å²) in [5.74, 6) is -0.233. The number of hydrogen-bond donors (Lipinski definition) is 1. The van der Waals surface area contributed by atoms with Crippen LogP contribution in [0.5, 0.6) is 0 Å². The van der Waals surface area contributed by atoms with Gasteiger partial charge in [0, 0.05) is 5.56 Å². The molecule has 0 aliphatic carbocycles. The Morgan fingerprint density at radius 3 is 2.74 bits per heavy atom. The van der Waals surface area contributed by atoms with Crippen LogP contribution in [0.1, 0.15) is 15.9 Å². The first-order valence-electron chi connectivity index (χ1n) is 5.96. The highest BCUT2D eigenvalue weighted by Crippen LogP contribution is 2.20. The first kappa shape index (κ1) is 11.5. The molecule has 0 saturated heterocycles. The zero-order valence-electron chi connectivity index (χ0n) is 10.4. The van der Waals surface area contributed by atoms with Crippen molar-refractivity contribution in [3.05, 3.63) is 59.7 Å². The molecule has 0 spiro atoms. The summed E-state index contributed by atoms with van der Waals surface area (Å²) in [7, 11) is 0. The fraction of sp³-hybridized carbons (Fsp3) is 0.0667. The molecule has 0 saturated carbocycles. The Balaban J connectivity index is 1.87. The van der Waals surface area contributed by atoms with Gasteiger partial charge in [-0.2, -0.15) is 4.98 Å². The minimum atomic E-state index is -0.233. The molecular formula is C15H12N2O2. The van der Waals surface area contributed by atoms with Crippen LogP contribution in [0, 0.1) is 6.92 Å². The molecule has 1 N–H and O–H groups in total. The lowest BCUT2D eigenvalue weighted by atomic mass is 10.2. The lowest BCUT2D eigenvalue weighted by molar-refractivity contribution is 0.102. The van der Waals surface area contributed by atoms with Crippen LogP contribution in [0.2, 0.25) is 0 Å². The molecule has 94 valence electrons. The minimum Gasteiger partial charge on any atom is -0.423 e. The lowest BCUT2D eigenvalue weighted by Crippen LogP contribution is -2.11. The van der Waals surface area contributed by atoms with E-state index in [1.54, 1.807) is 12.1 Å². The molecule has 3 aromatic rings. The predicted octanol–water partition coefficient (Wildman–Crippen LogP) is 3.39. The zero-order chi connectivity index (χ0) is 13.2. The maximum Gasteiger partial charge on any atom is 0.302 e. The highest BCUT2D eigenvalue weighted by Gasteiger charge is 2.10. The van der Waals surface area contributed by atoms with Gasteiger partial charge in [-0.15, -0.1) is 0 Å². The van der Waals surface area contributed by atoms with Crippen LogP contribution in [0.4, 0.5) is 6.01 Å². The molecule has 3 rings (SSSR count). The van der Waals surface area contributed by atoms with Gasteiger partial charge in [0.1, 0.15) is 5.52 Å². The van der Waals surface area contributed by atoms with E-state index in [4.69, 9.17) is 4.42 Å². The third-order valence-corrected chi connectivity index (χ3v) is 2.80. The van der Waals surface area contributed by atoms with Crippen molar-refractivity contribution in [2.24, 2.45) is 0 Å². The van der Waals surface area contributed by atoms with E-state index < -0.39 is 0 Å². The zero-order valence-corrected chi connectivity index (χ0v) is 10.4. The summed E-state index contributed by atoms with van der Waals surface area (Å²) >= 11 is 0.